The maximum absolute atomic E-state index is 11.9. The molecular formula is C14H18Cl4O3S2. The van der Waals surface area contributed by atoms with Gasteiger partial charge >= 0.3 is 0 Å². The Morgan fingerprint density at radius 2 is 2.00 bits per heavy atom. The minimum Gasteiger partial charge on any atom is -0.285 e. The third-order valence-corrected chi connectivity index (χ3v) is 7.44. The summed E-state index contributed by atoms with van der Waals surface area (Å²) < 4.78 is 33.8. The van der Waals surface area contributed by atoms with E-state index in [9.17, 15) is 13.0 Å². The highest BCUT2D eigenvalue weighted by Gasteiger charge is 2.44. The molecule has 0 aliphatic rings. The van der Waals surface area contributed by atoms with Crippen LogP contribution >= 0.6 is 57.7 Å². The molecule has 0 unspecified atom stereocenters. The smallest absolute Gasteiger partial charge is 0.273 e. The highest BCUT2D eigenvalue weighted by Crippen LogP contribution is 2.46. The quantitative estimate of drug-likeness (QED) is 0.306. The topological polar surface area (TPSA) is 54.4 Å². The highest BCUT2D eigenvalue weighted by molar-refractivity contribution is 7.86. The third kappa shape index (κ3) is 6.07. The van der Waals surface area contributed by atoms with E-state index in [0.717, 1.165) is 16.9 Å². The first kappa shape index (κ1) is 21.6. The summed E-state index contributed by atoms with van der Waals surface area (Å²) in [4.78, 5) is -1.06. The molecule has 9 heteroatoms. The van der Waals surface area contributed by atoms with E-state index in [1.54, 1.807) is 6.92 Å². The number of hydrogen-bond donors (Lipinski definition) is 1. The molecule has 0 aliphatic carbocycles. The van der Waals surface area contributed by atoms with Crippen LogP contribution in [0.1, 0.15) is 44.4 Å². The molecule has 1 aromatic rings. The highest BCUT2D eigenvalue weighted by atomic mass is 35.5. The van der Waals surface area contributed by atoms with Crippen LogP contribution in [0.5, 0.6) is 0 Å². The lowest BCUT2D eigenvalue weighted by atomic mass is 9.95. The zero-order chi connectivity index (χ0) is 18.0. The third-order valence-electron chi connectivity index (χ3n) is 3.34. The van der Waals surface area contributed by atoms with Crippen LogP contribution in [-0.4, -0.2) is 23.2 Å². The number of alkyl halides is 2. The first-order valence-corrected chi connectivity index (χ1v) is 10.6. The molecule has 0 bridgehead atoms. The predicted octanol–water partition coefficient (Wildman–Crippen LogP) is 6.34. The molecule has 132 valence electrons. The van der Waals surface area contributed by atoms with Crippen LogP contribution in [0.2, 0.25) is 8.67 Å². The van der Waals surface area contributed by atoms with Crippen LogP contribution in [0, 0.1) is 0 Å². The van der Waals surface area contributed by atoms with E-state index in [1.165, 1.54) is 6.07 Å². The average Bonchev–Trinajstić information content (AvgIpc) is 2.65. The van der Waals surface area contributed by atoms with E-state index in [-0.39, 0.29) is 9.90 Å². The van der Waals surface area contributed by atoms with Gasteiger partial charge in [0, 0.05) is 5.56 Å². The fraction of sp³-hybridized carbons (Fsp3) is 0.571. The molecule has 0 saturated heterocycles. The molecule has 0 radical (unpaired) electrons. The van der Waals surface area contributed by atoms with E-state index >= 15 is 0 Å². The molecule has 1 heterocycles. The van der Waals surface area contributed by atoms with Gasteiger partial charge in [-0.15, -0.1) is 34.5 Å². The Morgan fingerprint density at radius 3 is 2.39 bits per heavy atom. The van der Waals surface area contributed by atoms with Crippen molar-refractivity contribution < 1.29 is 13.0 Å². The molecule has 0 aromatic carbocycles. The van der Waals surface area contributed by atoms with Crippen LogP contribution in [0.15, 0.2) is 17.7 Å². The SMILES string of the molecule is CC(C)=CCC[C@](C)(Cl)[C@H](Cl)[C@H](c1cc(Cl)sc1Cl)S(=O)(=O)O. The van der Waals surface area contributed by atoms with E-state index < -0.39 is 25.6 Å². The summed E-state index contributed by atoms with van der Waals surface area (Å²) in [7, 11) is -4.52. The van der Waals surface area contributed by atoms with Gasteiger partial charge in [-0.2, -0.15) is 8.42 Å². The van der Waals surface area contributed by atoms with Crippen molar-refractivity contribution in [2.75, 3.05) is 0 Å². The number of halogens is 4. The summed E-state index contributed by atoms with van der Waals surface area (Å²) in [6.45, 7) is 5.56. The first-order chi connectivity index (χ1) is 10.4. The molecule has 0 amide bonds. The van der Waals surface area contributed by atoms with Crippen molar-refractivity contribution in [1.82, 2.24) is 0 Å². The maximum atomic E-state index is 11.9. The zero-order valence-electron chi connectivity index (χ0n) is 12.8. The second-order valence-electron chi connectivity index (χ2n) is 5.72. The van der Waals surface area contributed by atoms with Crippen LogP contribution in [0.4, 0.5) is 0 Å². The molecule has 0 aliphatic heterocycles. The Bertz CT molecular complexity index is 676. The van der Waals surface area contributed by atoms with Gasteiger partial charge < -0.3 is 0 Å². The van der Waals surface area contributed by atoms with Crippen molar-refractivity contribution in [1.29, 1.82) is 0 Å². The number of allylic oxidation sites excluding steroid dienone is 2. The molecule has 1 rings (SSSR count). The maximum Gasteiger partial charge on any atom is 0.273 e. The van der Waals surface area contributed by atoms with E-state index in [1.807, 2.05) is 19.9 Å². The Hall–Kier alpha value is 0.510. The van der Waals surface area contributed by atoms with Gasteiger partial charge in [-0.25, -0.2) is 0 Å². The molecule has 0 spiro atoms. The second-order valence-corrected chi connectivity index (χ2v) is 10.9. The summed E-state index contributed by atoms with van der Waals surface area (Å²) >= 11 is 25.7. The molecule has 3 nitrogen and oxygen atoms in total. The normalized spacial score (nSPS) is 17.4. The summed E-state index contributed by atoms with van der Waals surface area (Å²) in [5.41, 5.74) is 1.29. The fourth-order valence-corrected chi connectivity index (χ4v) is 5.86. The minimum absolute atomic E-state index is 0.165. The summed E-state index contributed by atoms with van der Waals surface area (Å²) in [6, 6.07) is 1.39. The fourth-order valence-electron chi connectivity index (χ4n) is 2.11. The Morgan fingerprint density at radius 1 is 1.43 bits per heavy atom. The van der Waals surface area contributed by atoms with Crippen molar-refractivity contribution in [3.05, 3.63) is 32.0 Å². The van der Waals surface area contributed by atoms with Crippen molar-refractivity contribution in [2.45, 2.75) is 49.1 Å². The van der Waals surface area contributed by atoms with Crippen LogP contribution < -0.4 is 0 Å². The lowest BCUT2D eigenvalue weighted by molar-refractivity contribution is 0.446. The van der Waals surface area contributed by atoms with Gasteiger partial charge in [0.25, 0.3) is 10.1 Å². The summed E-state index contributed by atoms with van der Waals surface area (Å²) in [5.74, 6) is 0. The van der Waals surface area contributed by atoms with Crippen molar-refractivity contribution >= 4 is 67.9 Å². The van der Waals surface area contributed by atoms with E-state index in [2.05, 4.69) is 0 Å². The number of thiophene rings is 1. The Kier molecular flexibility index (Phi) is 7.74. The molecule has 1 N–H and O–H groups in total. The van der Waals surface area contributed by atoms with Crippen molar-refractivity contribution in [2.24, 2.45) is 0 Å². The van der Waals surface area contributed by atoms with Gasteiger partial charge in [-0.05, 0) is 39.7 Å². The predicted molar refractivity (Wildman–Crippen MR) is 101 cm³/mol. The van der Waals surface area contributed by atoms with Gasteiger partial charge in [-0.1, -0.05) is 34.9 Å². The minimum atomic E-state index is -4.52. The van der Waals surface area contributed by atoms with Gasteiger partial charge in [0.05, 0.1) is 18.9 Å². The Balaban J connectivity index is 3.17. The number of hydrogen-bond acceptors (Lipinski definition) is 3. The molecule has 0 fully saturated rings. The monoisotopic (exact) mass is 438 g/mol. The molecule has 0 saturated carbocycles. The van der Waals surface area contributed by atoms with E-state index in [4.69, 9.17) is 46.4 Å². The van der Waals surface area contributed by atoms with Gasteiger partial charge in [-0.3, -0.25) is 4.55 Å². The molecule has 1 aromatic heterocycles. The average molecular weight is 440 g/mol. The van der Waals surface area contributed by atoms with Gasteiger partial charge in [0.15, 0.2) is 0 Å². The standard InChI is InChI=1S/C14H18Cl4O3S2/c1-8(2)5-4-6-14(3,18)12(16)11(23(19,20)21)9-7-10(15)22-13(9)17/h5,7,11-12H,4,6H2,1-3H3,(H,19,20,21)/t11-,12+,14-/m0/s1. The molecule has 23 heavy (non-hydrogen) atoms. The van der Waals surface area contributed by atoms with Gasteiger partial charge in [0.1, 0.15) is 5.25 Å². The lowest BCUT2D eigenvalue weighted by Gasteiger charge is -2.32. The van der Waals surface area contributed by atoms with Crippen molar-refractivity contribution in [3.8, 4) is 0 Å². The van der Waals surface area contributed by atoms with Crippen molar-refractivity contribution in [3.63, 3.8) is 0 Å². The lowest BCUT2D eigenvalue weighted by Crippen LogP contribution is -2.37. The largest absolute Gasteiger partial charge is 0.285 e. The zero-order valence-corrected chi connectivity index (χ0v) is 17.5. The summed E-state index contributed by atoms with van der Waals surface area (Å²) in [5, 5.41) is -2.54. The summed E-state index contributed by atoms with van der Waals surface area (Å²) in [6.07, 6.45) is 3.07. The van der Waals surface area contributed by atoms with Crippen LogP contribution in [0.25, 0.3) is 0 Å². The second kappa shape index (κ2) is 8.26. The first-order valence-electron chi connectivity index (χ1n) is 6.73. The Labute approximate surface area is 161 Å². The van der Waals surface area contributed by atoms with E-state index in [0.29, 0.717) is 17.2 Å². The molecule has 3 atom stereocenters. The van der Waals surface area contributed by atoms with Crippen LogP contribution in [-0.2, 0) is 10.1 Å². The van der Waals surface area contributed by atoms with Crippen LogP contribution in [0.3, 0.4) is 0 Å². The molecular weight excluding hydrogens is 422 g/mol. The van der Waals surface area contributed by atoms with Gasteiger partial charge in [0.2, 0.25) is 0 Å². The number of rotatable bonds is 7.